The Bertz CT molecular complexity index is 1370. The monoisotopic (exact) mass is 569 g/mol. The number of benzene rings is 2. The number of ketones is 1. The van der Waals surface area contributed by atoms with E-state index in [2.05, 4.69) is 5.32 Å². The van der Waals surface area contributed by atoms with Crippen LogP contribution in [0.4, 0.5) is 18.9 Å². The molecule has 2 aromatic carbocycles. The first-order valence-corrected chi connectivity index (χ1v) is 14.2. The summed E-state index contributed by atoms with van der Waals surface area (Å²) in [5.41, 5.74) is -1.59. The molecule has 0 spiro atoms. The number of amides is 1. The Morgan fingerprint density at radius 3 is 2.29 bits per heavy atom. The molecule has 2 bridgehead atoms. The van der Waals surface area contributed by atoms with E-state index < -0.39 is 44.0 Å². The fourth-order valence-corrected chi connectivity index (χ4v) is 8.14. The molecule has 2 N–H and O–H groups in total. The highest BCUT2D eigenvalue weighted by Crippen LogP contribution is 2.54. The van der Waals surface area contributed by atoms with Gasteiger partial charge in [-0.05, 0) is 75.1 Å². The third-order valence-electron chi connectivity index (χ3n) is 7.68. The summed E-state index contributed by atoms with van der Waals surface area (Å²) in [6, 6.07) is 4.82. The van der Waals surface area contributed by atoms with E-state index in [1.807, 2.05) is 0 Å². The maximum absolute atomic E-state index is 13.6. The minimum Gasteiger partial charge on any atom is -0.389 e. The average Bonchev–Trinajstić information content (AvgIpc) is 3.02. The largest absolute Gasteiger partial charge is 0.389 e. The summed E-state index contributed by atoms with van der Waals surface area (Å²) in [5.74, 6) is -6.22. The molecule has 204 valence electrons. The fourth-order valence-electron chi connectivity index (χ4n) is 5.74. The lowest BCUT2D eigenvalue weighted by Crippen LogP contribution is -2.48. The molecule has 0 saturated heterocycles. The lowest BCUT2D eigenvalue weighted by atomic mass is 9.71. The van der Waals surface area contributed by atoms with Crippen LogP contribution < -0.4 is 5.32 Å². The van der Waals surface area contributed by atoms with Crippen LogP contribution in [0.15, 0.2) is 47.4 Å². The molecule has 4 rings (SSSR count). The average molecular weight is 570 g/mol. The summed E-state index contributed by atoms with van der Waals surface area (Å²) in [6.45, 7) is 1.73. The fraction of sp³-hybridized carbons (Fsp3) is 0.407. The van der Waals surface area contributed by atoms with Crippen LogP contribution in [0.3, 0.4) is 0 Å². The van der Waals surface area contributed by atoms with Crippen molar-refractivity contribution >= 4 is 38.8 Å². The molecule has 2 atom stereocenters. The lowest BCUT2D eigenvalue weighted by molar-refractivity contribution is -0.118. The number of sulfone groups is 1. The van der Waals surface area contributed by atoms with Gasteiger partial charge in [-0.2, -0.15) is 0 Å². The van der Waals surface area contributed by atoms with Gasteiger partial charge in [-0.25, -0.2) is 21.6 Å². The second kappa shape index (κ2) is 10.8. The number of allylic oxidation sites excluding steroid dienone is 2. The Hall–Kier alpha value is -2.69. The predicted octanol–water partition coefficient (Wildman–Crippen LogP) is 5.63. The highest BCUT2D eigenvalue weighted by molar-refractivity contribution is 7.92. The second-order valence-electron chi connectivity index (χ2n) is 9.92. The number of nitrogens with one attached hydrogen (secondary N) is 1. The number of carbonyl (C=O) groups is 2. The number of fused-ring (bicyclic) bond motifs is 2. The van der Waals surface area contributed by atoms with E-state index in [0.29, 0.717) is 25.0 Å². The zero-order chi connectivity index (χ0) is 27.8. The van der Waals surface area contributed by atoms with Gasteiger partial charge in [0.15, 0.2) is 33.1 Å². The van der Waals surface area contributed by atoms with Gasteiger partial charge in [-0.1, -0.05) is 17.7 Å². The maximum Gasteiger partial charge on any atom is 0.255 e. The van der Waals surface area contributed by atoms with Crippen LogP contribution in [0, 0.1) is 29.3 Å². The zero-order valence-electron chi connectivity index (χ0n) is 20.5. The number of aliphatic hydroxyl groups is 1. The molecule has 0 radical (unpaired) electrons. The Kier molecular flexibility index (Phi) is 8.07. The maximum atomic E-state index is 13.6. The van der Waals surface area contributed by atoms with Crippen molar-refractivity contribution in [1.82, 2.24) is 0 Å². The molecule has 0 aromatic heterocycles. The van der Waals surface area contributed by atoms with Crippen molar-refractivity contribution in [2.45, 2.75) is 61.2 Å². The lowest BCUT2D eigenvalue weighted by Gasteiger charge is -2.42. The van der Waals surface area contributed by atoms with Gasteiger partial charge in [0.1, 0.15) is 0 Å². The normalized spacial score (nSPS) is 25.1. The summed E-state index contributed by atoms with van der Waals surface area (Å²) in [4.78, 5) is 24.4. The summed E-state index contributed by atoms with van der Waals surface area (Å²) in [6.07, 6.45) is 5.20. The number of hydrogen-bond donors (Lipinski definition) is 2. The van der Waals surface area contributed by atoms with Crippen LogP contribution in [-0.2, 0) is 14.6 Å². The minimum atomic E-state index is -4.03. The van der Waals surface area contributed by atoms with E-state index in [0.717, 1.165) is 6.07 Å². The SMILES string of the molecule is C/C=C/C(=O)CCC1(O)C2CCC1CC(S(=O)(=O)c1cc(C(=O)Nc3cc(F)c(F)c(F)c3)ccc1Cl)C2. The van der Waals surface area contributed by atoms with Crippen molar-refractivity contribution in [3.8, 4) is 0 Å². The minimum absolute atomic E-state index is 0.0921. The van der Waals surface area contributed by atoms with E-state index in [-0.39, 0.29) is 64.5 Å². The highest BCUT2D eigenvalue weighted by atomic mass is 35.5. The third-order valence-corrected chi connectivity index (χ3v) is 10.3. The molecular weight excluding hydrogens is 543 g/mol. The molecule has 2 aromatic rings. The van der Waals surface area contributed by atoms with Gasteiger partial charge in [0.05, 0.1) is 20.8 Å². The number of hydrogen-bond acceptors (Lipinski definition) is 5. The van der Waals surface area contributed by atoms with E-state index in [4.69, 9.17) is 11.6 Å². The third kappa shape index (κ3) is 5.39. The molecule has 2 aliphatic rings. The molecule has 0 heterocycles. The van der Waals surface area contributed by atoms with Crippen LogP contribution in [0.2, 0.25) is 5.02 Å². The van der Waals surface area contributed by atoms with Gasteiger partial charge in [0.2, 0.25) is 0 Å². The first-order chi connectivity index (χ1) is 17.9. The van der Waals surface area contributed by atoms with E-state index in [9.17, 15) is 36.3 Å². The molecule has 0 aliphatic heterocycles. The smallest absolute Gasteiger partial charge is 0.255 e. The zero-order valence-corrected chi connectivity index (χ0v) is 22.1. The number of anilines is 1. The Morgan fingerprint density at radius 1 is 1.11 bits per heavy atom. The van der Waals surface area contributed by atoms with Crippen molar-refractivity contribution in [2.24, 2.45) is 11.8 Å². The van der Waals surface area contributed by atoms with Gasteiger partial charge < -0.3 is 10.4 Å². The Labute approximate surface area is 223 Å². The standard InChI is InChI=1S/C27H27ClF3NO5S/c1-2-3-19(33)8-9-27(35)16-5-6-17(27)12-20(11-16)38(36,37)24-10-15(4-7-21(24)28)26(34)32-18-13-22(29)25(31)23(30)14-18/h2-4,7,10,13-14,16-17,20,35H,5-6,8-9,11-12H2,1H3,(H,32,34)/b3-2+. The van der Waals surface area contributed by atoms with Crippen LogP contribution in [0.25, 0.3) is 0 Å². The van der Waals surface area contributed by atoms with Crippen molar-refractivity contribution in [1.29, 1.82) is 0 Å². The quantitative estimate of drug-likeness (QED) is 0.317. The van der Waals surface area contributed by atoms with Crippen LogP contribution in [-0.4, -0.2) is 36.1 Å². The van der Waals surface area contributed by atoms with Gasteiger partial charge in [-0.15, -0.1) is 0 Å². The topological polar surface area (TPSA) is 101 Å². The Morgan fingerprint density at radius 2 is 1.71 bits per heavy atom. The van der Waals surface area contributed by atoms with Gasteiger partial charge >= 0.3 is 0 Å². The van der Waals surface area contributed by atoms with Crippen LogP contribution >= 0.6 is 11.6 Å². The molecule has 6 nitrogen and oxygen atoms in total. The summed E-state index contributed by atoms with van der Waals surface area (Å²) >= 11 is 6.24. The number of carbonyl (C=O) groups excluding carboxylic acids is 2. The second-order valence-corrected chi connectivity index (χ2v) is 12.5. The van der Waals surface area contributed by atoms with Crippen molar-refractivity contribution in [2.75, 3.05) is 5.32 Å². The van der Waals surface area contributed by atoms with Crippen molar-refractivity contribution in [3.63, 3.8) is 0 Å². The Balaban J connectivity index is 1.54. The predicted molar refractivity (Wildman–Crippen MR) is 136 cm³/mol. The number of halogens is 4. The van der Waals surface area contributed by atoms with Crippen LogP contribution in [0.1, 0.15) is 55.8 Å². The van der Waals surface area contributed by atoms with E-state index >= 15 is 0 Å². The summed E-state index contributed by atoms with van der Waals surface area (Å²) < 4.78 is 67.5. The number of rotatable bonds is 8. The first kappa shape index (κ1) is 28.3. The van der Waals surface area contributed by atoms with Crippen molar-refractivity contribution < 1.29 is 36.3 Å². The molecule has 2 saturated carbocycles. The van der Waals surface area contributed by atoms with Gasteiger partial charge in [-0.3, -0.25) is 9.59 Å². The molecule has 2 fully saturated rings. The van der Waals surface area contributed by atoms with E-state index in [1.165, 1.54) is 18.2 Å². The van der Waals surface area contributed by atoms with Crippen LogP contribution in [0.5, 0.6) is 0 Å². The molecule has 1 amide bonds. The molecule has 2 aliphatic carbocycles. The highest BCUT2D eigenvalue weighted by Gasteiger charge is 2.55. The molecule has 2 unspecified atom stereocenters. The molecule has 38 heavy (non-hydrogen) atoms. The van der Waals surface area contributed by atoms with E-state index in [1.54, 1.807) is 13.0 Å². The van der Waals surface area contributed by atoms with Gasteiger partial charge in [0, 0.05) is 29.8 Å². The molecular formula is C27H27ClF3NO5S. The first-order valence-electron chi connectivity index (χ1n) is 12.2. The molecule has 11 heteroatoms. The van der Waals surface area contributed by atoms with Gasteiger partial charge in [0.25, 0.3) is 5.91 Å². The summed E-state index contributed by atoms with van der Waals surface area (Å²) in [5, 5.41) is 12.7. The van der Waals surface area contributed by atoms with Crippen molar-refractivity contribution in [3.05, 3.63) is 70.5 Å². The summed E-state index contributed by atoms with van der Waals surface area (Å²) in [7, 11) is -4.03.